The monoisotopic (exact) mass is 606 g/mol. The van der Waals surface area contributed by atoms with Crippen LogP contribution in [0.15, 0.2) is 23.8 Å². The Labute approximate surface area is 256 Å². The van der Waals surface area contributed by atoms with Crippen LogP contribution in [0.3, 0.4) is 0 Å². The van der Waals surface area contributed by atoms with Crippen LogP contribution in [0.4, 0.5) is 0 Å². The first-order valence-electron chi connectivity index (χ1n) is 16.3. The van der Waals surface area contributed by atoms with Crippen molar-refractivity contribution >= 4 is 5.78 Å². The van der Waals surface area contributed by atoms with E-state index in [2.05, 4.69) is 32.9 Å². The van der Waals surface area contributed by atoms with Crippen LogP contribution in [0.1, 0.15) is 80.1 Å². The molecule has 0 bridgehead atoms. The zero-order valence-electron chi connectivity index (χ0n) is 26.6. The smallest absolute Gasteiger partial charge is 0.186 e. The third kappa shape index (κ3) is 5.71. The molecule has 1 saturated heterocycles. The number of hydrogen-bond donors (Lipinski definition) is 6. The Morgan fingerprint density at radius 1 is 1.00 bits per heavy atom. The lowest BCUT2D eigenvalue weighted by Crippen LogP contribution is -2.60. The molecule has 9 heteroatoms. The van der Waals surface area contributed by atoms with Crippen molar-refractivity contribution in [1.29, 1.82) is 0 Å². The lowest BCUT2D eigenvalue weighted by atomic mass is 9.47. The van der Waals surface area contributed by atoms with Crippen molar-refractivity contribution in [1.82, 2.24) is 0 Å². The summed E-state index contributed by atoms with van der Waals surface area (Å²) in [4.78, 5) is 13.7. The average Bonchev–Trinajstić information content (AvgIpc) is 3.24. The van der Waals surface area contributed by atoms with Crippen molar-refractivity contribution in [3.05, 3.63) is 23.8 Å². The van der Waals surface area contributed by atoms with Gasteiger partial charge in [-0.05, 0) is 87.0 Å². The van der Waals surface area contributed by atoms with Crippen LogP contribution in [-0.2, 0) is 14.3 Å². The van der Waals surface area contributed by atoms with Gasteiger partial charge in [-0.15, -0.1) is 0 Å². The first-order chi connectivity index (χ1) is 20.0. The van der Waals surface area contributed by atoms with Gasteiger partial charge in [-0.25, -0.2) is 0 Å². The molecule has 6 N–H and O–H groups in total. The summed E-state index contributed by atoms with van der Waals surface area (Å²) in [6, 6.07) is 0. The van der Waals surface area contributed by atoms with Crippen molar-refractivity contribution < 1.29 is 44.9 Å². The minimum absolute atomic E-state index is 0.0472. The summed E-state index contributed by atoms with van der Waals surface area (Å²) < 4.78 is 12.4. The summed E-state index contributed by atoms with van der Waals surface area (Å²) in [6.07, 6.45) is 2.82. The fraction of sp³-hybridized carbons (Fsp3) is 0.853. The van der Waals surface area contributed by atoms with E-state index in [0.29, 0.717) is 19.3 Å². The molecule has 1 aliphatic heterocycles. The summed E-state index contributed by atoms with van der Waals surface area (Å²) in [5.41, 5.74) is -0.244. The number of carbonyl (C=O) groups is 1. The van der Waals surface area contributed by atoms with Crippen molar-refractivity contribution in [2.45, 2.75) is 129 Å². The number of aliphatic hydroxyl groups excluding tert-OH is 5. The van der Waals surface area contributed by atoms with E-state index in [9.17, 15) is 35.4 Å². The zero-order valence-corrected chi connectivity index (χ0v) is 26.6. The van der Waals surface area contributed by atoms with E-state index in [4.69, 9.17) is 9.47 Å². The van der Waals surface area contributed by atoms with Gasteiger partial charge in [0.2, 0.25) is 0 Å². The largest absolute Gasteiger partial charge is 0.394 e. The Balaban J connectivity index is 1.51. The molecule has 3 saturated carbocycles. The van der Waals surface area contributed by atoms with Crippen LogP contribution in [0.2, 0.25) is 0 Å². The highest BCUT2D eigenvalue weighted by molar-refractivity contribution is 5.94. The third-order valence-electron chi connectivity index (χ3n) is 12.5. The molecule has 244 valence electrons. The molecular formula is C34H54O9. The van der Waals surface area contributed by atoms with Crippen LogP contribution < -0.4 is 0 Å². The molecule has 4 fully saturated rings. The number of hydrogen-bond acceptors (Lipinski definition) is 9. The van der Waals surface area contributed by atoms with Gasteiger partial charge in [0.1, 0.15) is 24.4 Å². The standard InChI is InChI=1S/C34H54O9/c1-17(7-8-18(2)32(3,4)41)22-15-25(42-31-30(40)29(39)28(38)26(16-35)43-31)27-20-14-24(37)23-13-19(36)9-11-33(23,5)21(20)10-12-34(22,27)6/h7-8,14,17-19,21-23,25-31,35-36,38-41H,9-13,15-16H2,1-6H3. The fourth-order valence-corrected chi connectivity index (χ4v) is 9.43. The van der Waals surface area contributed by atoms with Gasteiger partial charge >= 0.3 is 0 Å². The second kappa shape index (κ2) is 11.9. The first kappa shape index (κ1) is 33.2. The molecule has 1 heterocycles. The molecule has 15 unspecified atom stereocenters. The molecule has 0 spiro atoms. The number of fused-ring (bicyclic) bond motifs is 5. The Bertz CT molecular complexity index is 1100. The average molecular weight is 607 g/mol. The van der Waals surface area contributed by atoms with E-state index >= 15 is 0 Å². The SMILES string of the molecule is CC(C=CC(C)C(C)(C)O)C1CC(OC2OC(CO)C(O)C(O)C2O)C2C3=CC(=O)C4CC(O)CCC4(C)C3CCC12C. The Morgan fingerprint density at radius 2 is 1.67 bits per heavy atom. The summed E-state index contributed by atoms with van der Waals surface area (Å²) in [5, 5.41) is 62.4. The lowest BCUT2D eigenvalue weighted by molar-refractivity contribution is -0.314. The van der Waals surface area contributed by atoms with Crippen LogP contribution >= 0.6 is 0 Å². The van der Waals surface area contributed by atoms with Gasteiger partial charge in [0.05, 0.1) is 24.4 Å². The highest BCUT2D eigenvalue weighted by atomic mass is 16.7. The number of allylic oxidation sites excluding steroid dienone is 2. The molecule has 5 aliphatic rings. The van der Waals surface area contributed by atoms with Gasteiger partial charge < -0.3 is 40.1 Å². The highest BCUT2D eigenvalue weighted by Gasteiger charge is 2.63. The van der Waals surface area contributed by atoms with Crippen LogP contribution in [0.5, 0.6) is 0 Å². The molecule has 0 amide bonds. The maximum absolute atomic E-state index is 13.7. The predicted molar refractivity (Wildman–Crippen MR) is 159 cm³/mol. The highest BCUT2D eigenvalue weighted by Crippen LogP contribution is 2.67. The van der Waals surface area contributed by atoms with E-state index in [1.54, 1.807) is 13.8 Å². The summed E-state index contributed by atoms with van der Waals surface area (Å²) in [7, 11) is 0. The van der Waals surface area contributed by atoms with Crippen molar-refractivity contribution in [3.63, 3.8) is 0 Å². The quantitative estimate of drug-likeness (QED) is 0.240. The molecule has 0 aromatic carbocycles. The minimum atomic E-state index is -1.53. The van der Waals surface area contributed by atoms with Crippen LogP contribution in [-0.4, -0.2) is 91.5 Å². The molecular weight excluding hydrogens is 552 g/mol. The van der Waals surface area contributed by atoms with Crippen LogP contribution in [0.25, 0.3) is 0 Å². The van der Waals surface area contributed by atoms with Gasteiger partial charge in [-0.1, -0.05) is 45.4 Å². The van der Waals surface area contributed by atoms with Gasteiger partial charge in [-0.3, -0.25) is 4.79 Å². The summed E-state index contributed by atoms with van der Waals surface area (Å²) >= 11 is 0. The fourth-order valence-electron chi connectivity index (χ4n) is 9.43. The maximum Gasteiger partial charge on any atom is 0.186 e. The molecule has 0 aromatic rings. The first-order valence-corrected chi connectivity index (χ1v) is 16.3. The zero-order chi connectivity index (χ0) is 31.6. The molecule has 9 nitrogen and oxygen atoms in total. The second-order valence-electron chi connectivity index (χ2n) is 15.5. The molecule has 0 aromatic heterocycles. The van der Waals surface area contributed by atoms with Crippen LogP contribution in [0, 0.1) is 46.3 Å². The van der Waals surface area contributed by atoms with Gasteiger partial charge in [0, 0.05) is 17.8 Å². The molecule has 15 atom stereocenters. The van der Waals surface area contributed by atoms with Crippen molar-refractivity contribution in [3.8, 4) is 0 Å². The van der Waals surface area contributed by atoms with Gasteiger partial charge in [-0.2, -0.15) is 0 Å². The minimum Gasteiger partial charge on any atom is -0.394 e. The van der Waals surface area contributed by atoms with E-state index in [1.165, 1.54) is 0 Å². The van der Waals surface area contributed by atoms with Crippen molar-refractivity contribution in [2.75, 3.05) is 6.61 Å². The van der Waals surface area contributed by atoms with E-state index < -0.39 is 55.1 Å². The predicted octanol–water partition coefficient (Wildman–Crippen LogP) is 2.50. The number of carbonyl (C=O) groups excluding carboxylic acids is 1. The van der Waals surface area contributed by atoms with Gasteiger partial charge in [0.15, 0.2) is 12.1 Å². The number of rotatable bonds is 7. The summed E-state index contributed by atoms with van der Waals surface area (Å²) in [5.74, 6) is 0.134. The van der Waals surface area contributed by atoms with Crippen molar-refractivity contribution in [2.24, 2.45) is 46.3 Å². The Kier molecular flexibility index (Phi) is 9.18. The van der Waals surface area contributed by atoms with E-state index in [-0.39, 0.29) is 52.1 Å². The topological polar surface area (TPSA) is 157 Å². The molecule has 5 rings (SSSR count). The maximum atomic E-state index is 13.7. The number of aliphatic hydroxyl groups is 6. The molecule has 4 aliphatic carbocycles. The van der Waals surface area contributed by atoms with E-state index in [0.717, 1.165) is 24.8 Å². The molecule has 43 heavy (non-hydrogen) atoms. The Morgan fingerprint density at radius 3 is 2.33 bits per heavy atom. The Hall–Kier alpha value is -1.17. The third-order valence-corrected chi connectivity index (χ3v) is 12.5. The number of ketones is 1. The lowest BCUT2D eigenvalue weighted by Gasteiger charge is -2.57. The van der Waals surface area contributed by atoms with E-state index in [1.807, 2.05) is 13.0 Å². The second-order valence-corrected chi connectivity index (χ2v) is 15.5. The normalized spacial score (nSPS) is 48.3. The van der Waals surface area contributed by atoms with Gasteiger partial charge in [0.25, 0.3) is 0 Å². The summed E-state index contributed by atoms with van der Waals surface area (Å²) in [6.45, 7) is 11.7. The molecule has 0 radical (unpaired) electrons. The number of ether oxygens (including phenoxy) is 2.